The molecular weight excluding hydrogens is 203 g/mol. The van der Waals surface area contributed by atoms with Gasteiger partial charge in [0.2, 0.25) is 0 Å². The Morgan fingerprint density at radius 2 is 1.20 bits per heavy atom. The van der Waals surface area contributed by atoms with Crippen molar-refractivity contribution in [2.24, 2.45) is 0 Å². The molecule has 5 heavy (non-hydrogen) atoms. The van der Waals surface area contributed by atoms with Gasteiger partial charge in [0.05, 0.1) is 0 Å². The van der Waals surface area contributed by atoms with Crippen LogP contribution in [0.5, 0.6) is 0 Å². The van der Waals surface area contributed by atoms with Crippen molar-refractivity contribution >= 4 is 60.8 Å². The molecule has 0 aromatic rings. The van der Waals surface area contributed by atoms with E-state index >= 15 is 0 Å². The van der Waals surface area contributed by atoms with Crippen LogP contribution in [0.15, 0.2) is 0 Å². The summed E-state index contributed by atoms with van der Waals surface area (Å²) in [5.41, 5.74) is 0. The van der Waals surface area contributed by atoms with Crippen molar-refractivity contribution in [2.75, 3.05) is 0 Å². The van der Waals surface area contributed by atoms with Crippen LogP contribution in [0.25, 0.3) is 0 Å². The molecule has 0 aliphatic carbocycles. The molecule has 0 unspecified atom stereocenters. The van der Waals surface area contributed by atoms with Crippen LogP contribution in [0.2, 0.25) is 0 Å². The van der Waals surface area contributed by atoms with Gasteiger partial charge in [-0.2, -0.15) is 0 Å². The van der Waals surface area contributed by atoms with E-state index in [0.717, 1.165) is 0 Å². The molecule has 0 spiro atoms. The van der Waals surface area contributed by atoms with E-state index in [9.17, 15) is 0 Å². The summed E-state index contributed by atoms with van der Waals surface area (Å²) < 4.78 is 7.94. The van der Waals surface area contributed by atoms with Gasteiger partial charge in [0.25, 0.3) is 0 Å². The van der Waals surface area contributed by atoms with Gasteiger partial charge in [-0.05, 0) is 0 Å². The third-order valence-electron chi connectivity index (χ3n) is 0. The molecule has 0 N–H and O–H groups in total. The maximum absolute atomic E-state index is 7.94. The minimum atomic E-state index is 0. The summed E-state index contributed by atoms with van der Waals surface area (Å²) in [6.45, 7) is 0. The molecule has 0 atom stereocenters. The Morgan fingerprint density at radius 3 is 1.20 bits per heavy atom. The second-order valence-electron chi connectivity index (χ2n) is 0. The average molecular weight is 207 g/mol. The summed E-state index contributed by atoms with van der Waals surface area (Å²) in [5.74, 6) is 0. The molecular formula is H4CaCoCuMgO. The van der Waals surface area contributed by atoms with Gasteiger partial charge in [-0.15, -0.1) is 0 Å². The predicted octanol–water partition coefficient (Wildman–Crippen LogP) is -1.96. The number of rotatable bonds is 0. The zero-order valence-corrected chi connectivity index (χ0v) is 3.03. The summed E-state index contributed by atoms with van der Waals surface area (Å²) in [5, 5.41) is 0. The normalized spacial score (nSPS) is 1.00. The van der Waals surface area contributed by atoms with Crippen molar-refractivity contribution in [2.45, 2.75) is 0 Å². The van der Waals surface area contributed by atoms with Gasteiger partial charge in [0.1, 0.15) is 0 Å². The van der Waals surface area contributed by atoms with E-state index in [1.54, 1.807) is 0 Å². The summed E-state index contributed by atoms with van der Waals surface area (Å²) in [4.78, 5) is 0. The van der Waals surface area contributed by atoms with E-state index in [4.69, 9.17) is 3.87 Å². The summed E-state index contributed by atoms with van der Waals surface area (Å²) in [6.07, 6.45) is 0. The molecule has 0 fully saturated rings. The van der Waals surface area contributed by atoms with Crippen molar-refractivity contribution in [3.8, 4) is 0 Å². The first-order valence-corrected chi connectivity index (χ1v) is 0.561. The molecule has 0 rings (SSSR count). The molecule has 0 amide bonds. The van der Waals surface area contributed by atoms with Crippen LogP contribution in [0, 0.1) is 0 Å². The van der Waals surface area contributed by atoms with Crippen LogP contribution in [-0.4, -0.2) is 60.8 Å². The van der Waals surface area contributed by atoms with E-state index in [0.29, 0.717) is 0 Å². The van der Waals surface area contributed by atoms with E-state index in [1.165, 1.54) is 0 Å². The molecule has 0 saturated carbocycles. The molecule has 0 bridgehead atoms. The minimum absolute atomic E-state index is 0. The Morgan fingerprint density at radius 1 is 1.20 bits per heavy atom. The van der Waals surface area contributed by atoms with E-state index in [1.807, 2.05) is 0 Å². The second-order valence-corrected chi connectivity index (χ2v) is 0. The molecule has 0 aliphatic heterocycles. The summed E-state index contributed by atoms with van der Waals surface area (Å²) >= 11 is 2.31. The van der Waals surface area contributed by atoms with Crippen molar-refractivity contribution in [3.63, 3.8) is 0 Å². The molecule has 5 heteroatoms. The van der Waals surface area contributed by atoms with Crippen LogP contribution in [-0.2, 0) is 36.6 Å². The van der Waals surface area contributed by atoms with Gasteiger partial charge >= 0.3 is 80.3 Å². The van der Waals surface area contributed by atoms with Gasteiger partial charge in [-0.1, -0.05) is 0 Å². The molecule has 34 valence electrons. The van der Waals surface area contributed by atoms with Crippen LogP contribution in [0.3, 0.4) is 0 Å². The van der Waals surface area contributed by atoms with Gasteiger partial charge < -0.3 is 0 Å². The Hall–Kier alpha value is 2.85. The fourth-order valence-corrected chi connectivity index (χ4v) is 0. The third kappa shape index (κ3) is 19.8. The molecule has 0 saturated heterocycles. The fraction of sp³-hybridized carbons (Fsp3) is 0. The zero-order valence-electron chi connectivity index (χ0n) is 1.04. The molecule has 1 radical (unpaired) electrons. The Labute approximate surface area is 95.4 Å². The first-order valence-electron chi connectivity index (χ1n) is 0.136. The van der Waals surface area contributed by atoms with Crippen molar-refractivity contribution in [1.82, 2.24) is 0 Å². The van der Waals surface area contributed by atoms with Gasteiger partial charge in [-0.3, -0.25) is 0 Å². The van der Waals surface area contributed by atoms with Crippen LogP contribution in [0.4, 0.5) is 0 Å². The SMILES string of the molecule is [CaH2].[Cu].[MgH2].[O]=[Co]. The van der Waals surface area contributed by atoms with Crippen LogP contribution < -0.4 is 0 Å². The van der Waals surface area contributed by atoms with Crippen molar-refractivity contribution < 1.29 is 36.6 Å². The first kappa shape index (κ1) is 24.8. The molecule has 0 aliphatic rings. The quantitative estimate of drug-likeness (QED) is 0.421. The first-order chi connectivity index (χ1) is 1.00. The topological polar surface area (TPSA) is 17.1 Å². The Kier molecular flexibility index (Phi) is 143. The third-order valence-corrected chi connectivity index (χ3v) is 0. The fourth-order valence-electron chi connectivity index (χ4n) is 0. The Balaban J connectivity index is -0.00000000167. The summed E-state index contributed by atoms with van der Waals surface area (Å²) in [6, 6.07) is 0. The maximum atomic E-state index is 7.94. The van der Waals surface area contributed by atoms with E-state index in [2.05, 4.69) is 15.7 Å². The van der Waals surface area contributed by atoms with Crippen LogP contribution in [0.1, 0.15) is 0 Å². The molecule has 0 aromatic carbocycles. The molecule has 1 nitrogen and oxygen atoms in total. The van der Waals surface area contributed by atoms with Crippen LogP contribution >= 0.6 is 0 Å². The number of hydrogen-bond acceptors (Lipinski definition) is 1. The van der Waals surface area contributed by atoms with Crippen molar-refractivity contribution in [1.29, 1.82) is 0 Å². The van der Waals surface area contributed by atoms with E-state index in [-0.39, 0.29) is 77.9 Å². The monoisotopic (exact) mass is 206 g/mol. The standard InChI is InChI=1S/Ca.Co.Cu.Mg.O.4H. The second kappa shape index (κ2) is 28.8. The Bertz CT molecular complexity index is 11.6. The zero-order chi connectivity index (χ0) is 2.00. The number of hydrogen-bond donors (Lipinski definition) is 0. The van der Waals surface area contributed by atoms with E-state index < -0.39 is 0 Å². The molecule has 0 heterocycles. The average Bonchev–Trinajstić information content (AvgIpc) is 1.00. The van der Waals surface area contributed by atoms with Gasteiger partial charge in [-0.25, -0.2) is 0 Å². The molecule has 0 aromatic heterocycles. The predicted molar refractivity (Wildman–Crippen MR) is 17.8 cm³/mol. The van der Waals surface area contributed by atoms with Crippen molar-refractivity contribution in [3.05, 3.63) is 0 Å². The van der Waals surface area contributed by atoms with Gasteiger partial charge in [0.15, 0.2) is 0 Å². The van der Waals surface area contributed by atoms with Gasteiger partial charge in [0, 0.05) is 17.1 Å². The summed E-state index contributed by atoms with van der Waals surface area (Å²) in [7, 11) is 0.